The summed E-state index contributed by atoms with van der Waals surface area (Å²) in [6.07, 6.45) is -3.24. The van der Waals surface area contributed by atoms with Gasteiger partial charge in [0, 0.05) is 24.6 Å². The van der Waals surface area contributed by atoms with E-state index in [4.69, 9.17) is 15.4 Å². The maximum absolute atomic E-state index is 14.7. The molecule has 6 nitrogen and oxygen atoms in total. The second kappa shape index (κ2) is 10.2. The van der Waals surface area contributed by atoms with Crippen molar-refractivity contribution < 1.29 is 23.5 Å². The van der Waals surface area contributed by atoms with E-state index in [1.54, 1.807) is 6.92 Å². The maximum Gasteiger partial charge on any atom is 0.213 e. The first-order valence-electron chi connectivity index (χ1n) is 8.68. The van der Waals surface area contributed by atoms with Crippen LogP contribution in [-0.4, -0.2) is 61.8 Å². The fourth-order valence-electron chi connectivity index (χ4n) is 2.52. The number of rotatable bonds is 10. The van der Waals surface area contributed by atoms with Gasteiger partial charge in [0.1, 0.15) is 19.0 Å². The van der Waals surface area contributed by atoms with Gasteiger partial charge in [0.05, 0.1) is 6.61 Å². The number of aliphatic hydroxyl groups is 1. The Balaban J connectivity index is 2.91. The molecule has 0 bridgehead atoms. The standard InChI is InChI=1S/C15H32FN2O4P/c1-7-20-9-17-23(18(10(2)3)11(4)5)22-14-13(16)12(6)8-21-15(14)19/h10-15,17,19H,7-9H2,1-6H3/t12-,13+,14+,15+,23?/m1/s1/i19D. The summed E-state index contributed by atoms with van der Waals surface area (Å²) in [6.45, 7) is 13.0. The predicted molar refractivity (Wildman–Crippen MR) is 89.6 cm³/mol. The molecular formula is C15H32FN2O4P. The third-order valence-corrected chi connectivity index (χ3v) is 5.83. The molecule has 1 saturated heterocycles. The second-order valence-electron chi connectivity index (χ2n) is 6.33. The summed E-state index contributed by atoms with van der Waals surface area (Å²) in [5.74, 6) is -0.309. The molecule has 138 valence electrons. The summed E-state index contributed by atoms with van der Waals surface area (Å²) < 4.78 is 40.8. The first-order chi connectivity index (χ1) is 11.3. The van der Waals surface area contributed by atoms with Crippen molar-refractivity contribution in [3.8, 4) is 0 Å². The maximum atomic E-state index is 14.7. The Kier molecular flexibility index (Phi) is 8.61. The summed E-state index contributed by atoms with van der Waals surface area (Å²) in [4.78, 5) is 0. The molecule has 1 aliphatic heterocycles. The zero-order chi connectivity index (χ0) is 18.3. The summed E-state index contributed by atoms with van der Waals surface area (Å²) in [5.41, 5.74) is 0. The zero-order valence-corrected chi connectivity index (χ0v) is 15.9. The lowest BCUT2D eigenvalue weighted by atomic mass is 9.99. The minimum absolute atomic E-state index is 0.195. The second-order valence-corrected chi connectivity index (χ2v) is 7.86. The molecule has 2 N–H and O–H groups in total. The minimum Gasteiger partial charge on any atom is -0.366 e. The van der Waals surface area contributed by atoms with E-state index in [9.17, 15) is 4.39 Å². The van der Waals surface area contributed by atoms with Crippen LogP contribution in [0.4, 0.5) is 4.39 Å². The van der Waals surface area contributed by atoms with E-state index < -0.39 is 27.0 Å². The molecule has 1 unspecified atom stereocenters. The molecular weight excluding hydrogens is 322 g/mol. The van der Waals surface area contributed by atoms with Gasteiger partial charge in [0.2, 0.25) is 1.43 Å². The summed E-state index contributed by atoms with van der Waals surface area (Å²) in [5, 5.41) is 7.76. The highest BCUT2D eigenvalue weighted by atomic mass is 31.2. The van der Waals surface area contributed by atoms with Crippen LogP contribution in [0.2, 0.25) is 0 Å². The summed E-state index contributed by atoms with van der Waals surface area (Å²) >= 11 is 0. The van der Waals surface area contributed by atoms with Gasteiger partial charge in [-0.15, -0.1) is 0 Å². The molecule has 1 heterocycles. The van der Waals surface area contributed by atoms with Gasteiger partial charge in [-0.05, 0) is 34.6 Å². The molecule has 0 radical (unpaired) electrons. The van der Waals surface area contributed by atoms with E-state index in [2.05, 4.69) is 42.6 Å². The lowest BCUT2D eigenvalue weighted by Crippen LogP contribution is -2.49. The zero-order valence-electron chi connectivity index (χ0n) is 16.0. The van der Waals surface area contributed by atoms with Crippen LogP contribution in [0.15, 0.2) is 0 Å². The molecule has 0 aromatic heterocycles. The lowest BCUT2D eigenvalue weighted by molar-refractivity contribution is -0.215. The van der Waals surface area contributed by atoms with Gasteiger partial charge in [0.15, 0.2) is 14.7 Å². The van der Waals surface area contributed by atoms with Crippen LogP contribution >= 0.6 is 8.45 Å². The van der Waals surface area contributed by atoms with Gasteiger partial charge < -0.3 is 19.1 Å². The molecule has 1 rings (SSSR count). The molecule has 0 amide bonds. The average molecular weight is 355 g/mol. The van der Waals surface area contributed by atoms with Crippen LogP contribution in [0.1, 0.15) is 41.5 Å². The molecule has 5 atom stereocenters. The number of aliphatic hydroxyl groups excluding tert-OH is 1. The highest BCUT2D eigenvalue weighted by Crippen LogP contribution is 2.44. The van der Waals surface area contributed by atoms with Gasteiger partial charge in [-0.25, -0.2) is 14.1 Å². The van der Waals surface area contributed by atoms with Crippen LogP contribution in [0.5, 0.6) is 0 Å². The van der Waals surface area contributed by atoms with E-state index in [0.29, 0.717) is 13.3 Å². The van der Waals surface area contributed by atoms with Gasteiger partial charge in [-0.3, -0.25) is 0 Å². The highest BCUT2D eigenvalue weighted by Gasteiger charge is 2.42. The number of alkyl halides is 1. The highest BCUT2D eigenvalue weighted by molar-refractivity contribution is 7.47. The number of nitrogens with zero attached hydrogens (tertiary/aromatic N) is 1. The topological polar surface area (TPSA) is 63.2 Å². The SMILES string of the molecule is [2H]O[C@H]1OC[C@@H](C)[C@H](F)[C@@H]1OP(NCOCC)N(C(C)C)C(C)C. The predicted octanol–water partition coefficient (Wildman–Crippen LogP) is 2.62. The van der Waals surface area contributed by atoms with Crippen molar-refractivity contribution in [2.75, 3.05) is 19.9 Å². The van der Waals surface area contributed by atoms with E-state index in [1.807, 2.05) is 6.92 Å². The van der Waals surface area contributed by atoms with Crippen molar-refractivity contribution in [3.63, 3.8) is 0 Å². The van der Waals surface area contributed by atoms with Gasteiger partial charge in [-0.1, -0.05) is 6.92 Å². The first-order valence-corrected chi connectivity index (χ1v) is 9.48. The van der Waals surface area contributed by atoms with Crippen molar-refractivity contribution in [2.45, 2.75) is 72.2 Å². The van der Waals surface area contributed by atoms with Crippen molar-refractivity contribution in [1.29, 1.82) is 1.43 Å². The van der Waals surface area contributed by atoms with Crippen LogP contribution in [0, 0.1) is 5.92 Å². The lowest BCUT2D eigenvalue weighted by Gasteiger charge is -2.42. The fraction of sp³-hybridized carbons (Fsp3) is 1.00. The quantitative estimate of drug-likeness (QED) is 0.357. The molecule has 23 heavy (non-hydrogen) atoms. The number of ether oxygens (including phenoxy) is 2. The third-order valence-electron chi connectivity index (χ3n) is 3.64. The summed E-state index contributed by atoms with van der Waals surface area (Å²) in [6, 6.07) is 0.390. The van der Waals surface area contributed by atoms with Crippen LogP contribution in [-0.2, 0) is 14.0 Å². The van der Waals surface area contributed by atoms with Gasteiger partial charge in [-0.2, -0.15) is 0 Å². The molecule has 8 heteroatoms. The number of nitrogens with one attached hydrogen (secondary N) is 1. The Hall–Kier alpha value is 0.120. The Morgan fingerprint density at radius 2 is 2.09 bits per heavy atom. The third kappa shape index (κ3) is 6.16. The molecule has 0 spiro atoms. The number of hydrogen-bond donors (Lipinski definition) is 2. The normalized spacial score (nSPS) is 31.0. The fourth-order valence-corrected chi connectivity index (χ4v) is 4.36. The minimum atomic E-state index is -1.34. The largest absolute Gasteiger partial charge is 0.366 e. The molecule has 0 aromatic rings. The van der Waals surface area contributed by atoms with Gasteiger partial charge >= 0.3 is 0 Å². The molecule has 0 saturated carbocycles. The Labute approximate surface area is 142 Å². The number of hydrogen-bond acceptors (Lipinski definition) is 6. The average Bonchev–Trinajstić information content (AvgIpc) is 2.51. The van der Waals surface area contributed by atoms with Crippen molar-refractivity contribution in [2.24, 2.45) is 5.92 Å². The van der Waals surface area contributed by atoms with Crippen molar-refractivity contribution in [1.82, 2.24) is 9.76 Å². The van der Waals surface area contributed by atoms with Crippen LogP contribution in [0.3, 0.4) is 0 Å². The van der Waals surface area contributed by atoms with E-state index in [-0.39, 0.29) is 24.6 Å². The number of halogens is 1. The Morgan fingerprint density at radius 3 is 2.61 bits per heavy atom. The van der Waals surface area contributed by atoms with E-state index in [0.717, 1.165) is 0 Å². The monoisotopic (exact) mass is 355 g/mol. The van der Waals surface area contributed by atoms with Crippen molar-refractivity contribution in [3.05, 3.63) is 0 Å². The smallest absolute Gasteiger partial charge is 0.213 e. The van der Waals surface area contributed by atoms with Crippen LogP contribution < -0.4 is 5.09 Å². The van der Waals surface area contributed by atoms with Gasteiger partial charge in [0.25, 0.3) is 0 Å². The van der Waals surface area contributed by atoms with Crippen LogP contribution in [0.25, 0.3) is 0 Å². The first kappa shape index (κ1) is 19.4. The molecule has 1 aliphatic rings. The molecule has 0 aliphatic carbocycles. The Morgan fingerprint density at radius 1 is 1.43 bits per heavy atom. The van der Waals surface area contributed by atoms with E-state index in [1.165, 1.54) is 0 Å². The molecule has 0 aromatic carbocycles. The molecule has 1 fully saturated rings. The van der Waals surface area contributed by atoms with Crippen molar-refractivity contribution >= 4 is 8.45 Å². The Bertz CT molecular complexity index is 347. The summed E-state index contributed by atoms with van der Waals surface area (Å²) in [7, 11) is -1.34. The van der Waals surface area contributed by atoms with E-state index >= 15 is 0 Å².